The molecule has 1 aliphatic carbocycles. The summed E-state index contributed by atoms with van der Waals surface area (Å²) in [6, 6.07) is 5.55. The first-order chi connectivity index (χ1) is 18.1. The van der Waals surface area contributed by atoms with Crippen LogP contribution in [0.1, 0.15) is 56.8 Å². The summed E-state index contributed by atoms with van der Waals surface area (Å²) in [4.78, 5) is 11.4. The molecule has 8 nitrogen and oxygen atoms in total. The lowest BCUT2D eigenvalue weighted by molar-refractivity contribution is -0.597. The molecule has 1 saturated carbocycles. The number of anilines is 2. The molecule has 3 aliphatic rings. The number of aliphatic hydroxyl groups is 3. The van der Waals surface area contributed by atoms with E-state index in [0.29, 0.717) is 50.4 Å². The van der Waals surface area contributed by atoms with E-state index in [0.717, 1.165) is 50.9 Å². The summed E-state index contributed by atoms with van der Waals surface area (Å²) < 4.78 is 2.43. The highest BCUT2D eigenvalue weighted by Gasteiger charge is 2.51. The zero-order chi connectivity index (χ0) is 27.2. The first-order valence-electron chi connectivity index (χ1n) is 13.2. The largest absolute Gasteiger partial charge is 0.390 e. The van der Waals surface area contributed by atoms with Gasteiger partial charge in [0.2, 0.25) is 5.95 Å². The number of benzene rings is 1. The van der Waals surface area contributed by atoms with E-state index in [2.05, 4.69) is 26.0 Å². The fraction of sp³-hybridized carbons (Fsp3) is 0.593. The molecule has 4 N–H and O–H groups in total. The zero-order valence-electron chi connectivity index (χ0n) is 21.6. The first-order valence-corrected chi connectivity index (χ1v) is 14.3. The van der Waals surface area contributed by atoms with Crippen LogP contribution in [0.4, 0.5) is 11.8 Å². The summed E-state index contributed by atoms with van der Waals surface area (Å²) in [6.07, 6.45) is 4.85. The molecule has 0 amide bonds. The Morgan fingerprint density at radius 2 is 1.89 bits per heavy atom. The van der Waals surface area contributed by atoms with E-state index in [1.165, 1.54) is 0 Å². The fourth-order valence-electron chi connectivity index (χ4n) is 5.97. The Kier molecular flexibility index (Phi) is 8.11. The molecular weight excluding hydrogens is 549 g/mol. The van der Waals surface area contributed by atoms with Gasteiger partial charge in [0, 0.05) is 59.6 Å². The monoisotopic (exact) mass is 582 g/mol. The van der Waals surface area contributed by atoms with E-state index >= 15 is 0 Å². The minimum absolute atomic E-state index is 0.194. The minimum Gasteiger partial charge on any atom is -0.390 e. The minimum atomic E-state index is -1.26. The molecule has 0 spiro atoms. The number of nitrogens with zero attached hydrogens (tertiary/aromatic N) is 4. The third kappa shape index (κ3) is 5.49. The van der Waals surface area contributed by atoms with Crippen LogP contribution in [0.25, 0.3) is 0 Å². The number of hydrogen-bond donors (Lipinski definition) is 4. The Morgan fingerprint density at radius 3 is 2.55 bits per heavy atom. The normalized spacial score (nSPS) is 26.6. The fourth-order valence-corrected chi connectivity index (χ4v) is 6.74. The van der Waals surface area contributed by atoms with E-state index < -0.39 is 11.7 Å². The standard InChI is InChI=1S/C27H35Cl3N5O3/c1-15(20-6-5-18(28)8-21(20)29)31-24-23(30)22(14-36)32-26(33-24)35-12-17(13-35)16-4-3-7-34(11-16)19-9-27(2,10-19)25(37)38/h5-8,15-17,19,25,36-38H,3-4,9-14H2,1-2H3,(H,31,32,33)/q+1. The lowest BCUT2D eigenvalue weighted by Crippen LogP contribution is -2.56. The van der Waals surface area contributed by atoms with E-state index in [-0.39, 0.29) is 12.6 Å². The molecule has 3 heterocycles. The number of rotatable bonds is 8. The van der Waals surface area contributed by atoms with Crippen LogP contribution in [-0.4, -0.2) is 68.0 Å². The van der Waals surface area contributed by atoms with E-state index in [9.17, 15) is 15.3 Å². The van der Waals surface area contributed by atoms with Gasteiger partial charge >= 0.3 is 0 Å². The van der Waals surface area contributed by atoms with Crippen LogP contribution >= 0.6 is 34.8 Å². The summed E-state index contributed by atoms with van der Waals surface area (Å²) in [5.41, 5.74) is 0.854. The number of nitrogens with one attached hydrogen (secondary N) is 1. The highest BCUT2D eigenvalue weighted by Crippen LogP contribution is 2.45. The smallest absolute Gasteiger partial charge is 0.227 e. The van der Waals surface area contributed by atoms with Crippen molar-refractivity contribution in [3.8, 4) is 0 Å². The molecule has 2 fully saturated rings. The molecule has 5 rings (SSSR count). The molecule has 1 aromatic carbocycles. The van der Waals surface area contributed by atoms with Crippen LogP contribution in [-0.2, 0) is 6.61 Å². The molecule has 2 aliphatic heterocycles. The maximum atomic E-state index is 9.91. The van der Waals surface area contributed by atoms with E-state index in [1.54, 1.807) is 12.1 Å². The maximum Gasteiger partial charge on any atom is 0.227 e. The molecule has 1 saturated heterocycles. The van der Waals surface area contributed by atoms with Gasteiger partial charge in [-0.15, -0.1) is 0 Å². The van der Waals surface area contributed by atoms with Crippen LogP contribution in [0.2, 0.25) is 15.1 Å². The molecule has 11 heteroatoms. The summed E-state index contributed by atoms with van der Waals surface area (Å²) in [6.45, 7) is 6.31. The van der Waals surface area contributed by atoms with Crippen molar-refractivity contribution in [2.24, 2.45) is 17.3 Å². The first kappa shape index (κ1) is 27.9. The molecular formula is C27H35Cl3N5O3+. The second kappa shape index (κ2) is 11.1. The second-order valence-electron chi connectivity index (χ2n) is 11.3. The molecule has 2 aromatic rings. The highest BCUT2D eigenvalue weighted by atomic mass is 35.5. The molecule has 1 aromatic heterocycles. The third-order valence-corrected chi connectivity index (χ3v) is 9.50. The van der Waals surface area contributed by atoms with Gasteiger partial charge in [0.1, 0.15) is 17.8 Å². The van der Waals surface area contributed by atoms with Gasteiger partial charge < -0.3 is 25.5 Å². The Labute approximate surface area is 238 Å². The number of aromatic nitrogens is 2. The molecule has 0 radical (unpaired) electrons. The quantitative estimate of drug-likeness (QED) is 0.268. The van der Waals surface area contributed by atoms with Crippen molar-refractivity contribution in [3.63, 3.8) is 0 Å². The van der Waals surface area contributed by atoms with Crippen LogP contribution in [0.5, 0.6) is 0 Å². The molecule has 206 valence electrons. The lowest BCUT2D eigenvalue weighted by atomic mass is 9.65. The average Bonchev–Trinajstić information content (AvgIpc) is 2.82. The Hall–Kier alpha value is -1.68. The van der Waals surface area contributed by atoms with Crippen molar-refractivity contribution >= 4 is 52.8 Å². The topological polar surface area (TPSA) is 105 Å². The van der Waals surface area contributed by atoms with E-state index in [4.69, 9.17) is 39.8 Å². The van der Waals surface area contributed by atoms with Gasteiger partial charge in [-0.05, 0) is 31.0 Å². The summed E-state index contributed by atoms with van der Waals surface area (Å²) in [5.74, 6) is 2.11. The number of halogens is 3. The predicted molar refractivity (Wildman–Crippen MR) is 150 cm³/mol. The van der Waals surface area contributed by atoms with Gasteiger partial charge in [-0.2, -0.15) is 4.98 Å². The van der Waals surface area contributed by atoms with Gasteiger partial charge in [-0.25, -0.2) is 9.56 Å². The van der Waals surface area contributed by atoms with Crippen molar-refractivity contribution < 1.29 is 19.9 Å². The number of hydrogen-bond acceptors (Lipinski definition) is 7. The highest BCUT2D eigenvalue weighted by molar-refractivity contribution is 6.35. The Morgan fingerprint density at radius 1 is 1.16 bits per heavy atom. The van der Waals surface area contributed by atoms with Crippen molar-refractivity contribution in [2.45, 2.75) is 64.5 Å². The van der Waals surface area contributed by atoms with Gasteiger partial charge in [0.25, 0.3) is 0 Å². The van der Waals surface area contributed by atoms with Crippen LogP contribution < -0.4 is 10.2 Å². The van der Waals surface area contributed by atoms with Crippen LogP contribution in [0.3, 0.4) is 0 Å². The molecule has 2 atom stereocenters. The average molecular weight is 584 g/mol. The van der Waals surface area contributed by atoms with Gasteiger partial charge in [0.05, 0.1) is 18.3 Å². The van der Waals surface area contributed by atoms with Crippen molar-refractivity contribution in [2.75, 3.05) is 29.9 Å². The van der Waals surface area contributed by atoms with Crippen LogP contribution in [0.15, 0.2) is 18.2 Å². The van der Waals surface area contributed by atoms with E-state index in [1.807, 2.05) is 19.9 Å². The summed E-state index contributed by atoms with van der Waals surface area (Å²) in [7, 11) is 0. The number of aliphatic hydroxyl groups excluding tert-OH is 2. The molecule has 0 bridgehead atoms. The molecule has 38 heavy (non-hydrogen) atoms. The lowest BCUT2D eigenvalue weighted by Gasteiger charge is -2.46. The van der Waals surface area contributed by atoms with Crippen LogP contribution in [0, 0.1) is 17.3 Å². The summed E-state index contributed by atoms with van der Waals surface area (Å²) >= 11 is 19.0. The van der Waals surface area contributed by atoms with Gasteiger partial charge in [-0.1, -0.05) is 47.8 Å². The predicted octanol–water partition coefficient (Wildman–Crippen LogP) is 4.51. The van der Waals surface area contributed by atoms with Crippen molar-refractivity contribution in [3.05, 3.63) is 44.5 Å². The second-order valence-corrected chi connectivity index (χ2v) is 12.5. The SMILES string of the molecule is CC(Nc1nc(N2CC(C3CCC=[N+](C4CC(C)(C(O)O)C4)C3)C2)nc(CO)c1Cl)c1ccc(Cl)cc1Cl. The third-order valence-electron chi connectivity index (χ3n) is 8.54. The zero-order valence-corrected chi connectivity index (χ0v) is 23.9. The Balaban J connectivity index is 1.23. The van der Waals surface area contributed by atoms with Gasteiger partial charge in [-0.3, -0.25) is 0 Å². The molecule has 2 unspecified atom stereocenters. The van der Waals surface area contributed by atoms with Gasteiger partial charge in [0.15, 0.2) is 18.1 Å². The Bertz CT molecular complexity index is 1210. The summed E-state index contributed by atoms with van der Waals surface area (Å²) in [5, 5.41) is 33.9. The van der Waals surface area contributed by atoms with Crippen molar-refractivity contribution in [1.82, 2.24) is 9.97 Å². The van der Waals surface area contributed by atoms with Crippen molar-refractivity contribution in [1.29, 1.82) is 0 Å². The maximum absolute atomic E-state index is 9.91.